The van der Waals surface area contributed by atoms with Gasteiger partial charge in [0.2, 0.25) is 11.8 Å². The Kier molecular flexibility index (Phi) is 2.74. The molecule has 0 aliphatic carbocycles. The van der Waals surface area contributed by atoms with Gasteiger partial charge in [-0.25, -0.2) is 9.55 Å². The third kappa shape index (κ3) is 2.18. The van der Waals surface area contributed by atoms with Gasteiger partial charge in [0.15, 0.2) is 0 Å². The van der Waals surface area contributed by atoms with Crippen molar-refractivity contribution in [3.05, 3.63) is 16.0 Å². The molecule has 0 amide bonds. The Morgan fingerprint density at radius 3 is 2.89 bits per heavy atom. The maximum atomic E-state index is 11.7. The topological polar surface area (TPSA) is 87.4 Å². The van der Waals surface area contributed by atoms with Crippen LogP contribution in [-0.4, -0.2) is 9.88 Å². The second-order valence-corrected chi connectivity index (χ2v) is 7.59. The van der Waals surface area contributed by atoms with Crippen molar-refractivity contribution in [2.24, 2.45) is 0 Å². The van der Waals surface area contributed by atoms with Crippen molar-refractivity contribution in [1.82, 2.24) is 4.98 Å². The van der Waals surface area contributed by atoms with Gasteiger partial charge < -0.3 is 9.31 Å². The Morgan fingerprint density at radius 1 is 1.47 bits per heavy atom. The Labute approximate surface area is 114 Å². The minimum atomic E-state index is -3.60. The number of aromatic nitrogens is 1. The summed E-state index contributed by atoms with van der Waals surface area (Å²) in [5.74, 6) is 0.920. The Bertz CT molecular complexity index is 691. The molecule has 2 bridgehead atoms. The minimum absolute atomic E-state index is 0.287. The zero-order valence-corrected chi connectivity index (χ0v) is 12.4. The van der Waals surface area contributed by atoms with Gasteiger partial charge in [0.05, 0.1) is 16.3 Å². The SMILES string of the molecule is Cc1nc(-c2cc3oc2NP(=O)(O)N3)c(C(C)C)s1. The first-order valence-electron chi connectivity index (χ1n) is 5.86. The largest absolute Gasteiger partial charge is 0.424 e. The summed E-state index contributed by atoms with van der Waals surface area (Å²) in [7, 11) is -3.60. The summed E-state index contributed by atoms with van der Waals surface area (Å²) in [6.45, 7) is 6.14. The van der Waals surface area contributed by atoms with Crippen molar-refractivity contribution in [1.29, 1.82) is 0 Å². The fraction of sp³-hybridized carbons (Fsp3) is 0.364. The molecule has 8 heteroatoms. The molecule has 3 N–H and O–H groups in total. The lowest BCUT2D eigenvalue weighted by atomic mass is 10.1. The standard InChI is InChI=1S/C11H14N3O3PS/c1-5(2)10-9(12-6(3)19-10)7-4-8-13-18(15,16)14-11(7)17-8/h4-5H,1-3H3,(H3,13,14,15,16). The predicted octanol–water partition coefficient (Wildman–Crippen LogP) is 3.77. The van der Waals surface area contributed by atoms with Crippen LogP contribution in [0, 0.1) is 6.92 Å². The molecule has 2 aromatic heterocycles. The molecule has 0 aromatic carbocycles. The van der Waals surface area contributed by atoms with Crippen LogP contribution in [0.25, 0.3) is 11.3 Å². The first kappa shape index (κ1) is 12.7. The van der Waals surface area contributed by atoms with Gasteiger partial charge in [-0.15, -0.1) is 11.3 Å². The molecule has 1 aliphatic heterocycles. The van der Waals surface area contributed by atoms with E-state index in [-0.39, 0.29) is 5.88 Å². The van der Waals surface area contributed by atoms with Crippen LogP contribution in [-0.2, 0) is 4.57 Å². The van der Waals surface area contributed by atoms with Gasteiger partial charge in [-0.1, -0.05) is 13.8 Å². The number of rotatable bonds is 2. The van der Waals surface area contributed by atoms with E-state index >= 15 is 0 Å². The molecule has 0 radical (unpaired) electrons. The third-order valence-corrected chi connectivity index (χ3v) is 5.09. The summed E-state index contributed by atoms with van der Waals surface area (Å²) >= 11 is 1.63. The molecule has 19 heavy (non-hydrogen) atoms. The molecule has 0 saturated heterocycles. The number of aryl methyl sites for hydroxylation is 1. The van der Waals surface area contributed by atoms with Crippen LogP contribution >= 0.6 is 19.0 Å². The van der Waals surface area contributed by atoms with Crippen LogP contribution in [0.15, 0.2) is 10.5 Å². The fourth-order valence-electron chi connectivity index (χ4n) is 2.05. The van der Waals surface area contributed by atoms with Crippen molar-refractivity contribution in [3.8, 4) is 11.3 Å². The number of anilines is 2. The van der Waals surface area contributed by atoms with Gasteiger partial charge in [-0.2, -0.15) is 0 Å². The molecular formula is C11H14N3O3PS. The molecule has 1 aliphatic rings. The van der Waals surface area contributed by atoms with E-state index < -0.39 is 7.67 Å². The molecule has 3 heterocycles. The number of nitrogens with one attached hydrogen (secondary N) is 2. The van der Waals surface area contributed by atoms with Crippen molar-refractivity contribution in [2.75, 3.05) is 10.2 Å². The number of hydrogen-bond donors (Lipinski definition) is 3. The Balaban J connectivity index is 2.14. The molecular weight excluding hydrogens is 285 g/mol. The molecule has 0 saturated carbocycles. The summed E-state index contributed by atoms with van der Waals surface area (Å²) < 4.78 is 17.1. The average Bonchev–Trinajstić information content (AvgIpc) is 2.78. The first-order chi connectivity index (χ1) is 8.85. The molecule has 102 valence electrons. The monoisotopic (exact) mass is 299 g/mol. The van der Waals surface area contributed by atoms with Crippen molar-refractivity contribution in [3.63, 3.8) is 0 Å². The number of fused-ring (bicyclic) bond motifs is 2. The lowest BCUT2D eigenvalue weighted by Crippen LogP contribution is -2.06. The quantitative estimate of drug-likeness (QED) is 0.732. The summed E-state index contributed by atoms with van der Waals surface area (Å²) in [5.41, 5.74) is 1.54. The van der Waals surface area contributed by atoms with E-state index in [4.69, 9.17) is 4.42 Å². The minimum Gasteiger partial charge on any atom is -0.424 e. The summed E-state index contributed by atoms with van der Waals surface area (Å²) in [4.78, 5) is 15.2. The Morgan fingerprint density at radius 2 is 2.21 bits per heavy atom. The smallest absolute Gasteiger partial charge is 0.393 e. The molecule has 2 aromatic rings. The molecule has 3 rings (SSSR count). The van der Waals surface area contributed by atoms with Gasteiger partial charge in [-0.05, 0) is 12.8 Å². The van der Waals surface area contributed by atoms with Gasteiger partial charge in [0.1, 0.15) is 0 Å². The average molecular weight is 299 g/mol. The van der Waals surface area contributed by atoms with Crippen molar-refractivity contribution < 1.29 is 13.9 Å². The fourth-order valence-corrected chi connectivity index (χ4v) is 3.90. The summed E-state index contributed by atoms with van der Waals surface area (Å²) in [5, 5.41) is 5.85. The van der Waals surface area contributed by atoms with Crippen LogP contribution < -0.4 is 10.2 Å². The lowest BCUT2D eigenvalue weighted by Gasteiger charge is -2.16. The van der Waals surface area contributed by atoms with E-state index in [1.165, 1.54) is 0 Å². The third-order valence-electron chi connectivity index (χ3n) is 2.79. The maximum absolute atomic E-state index is 11.7. The highest BCUT2D eigenvalue weighted by Gasteiger charge is 2.32. The lowest BCUT2D eigenvalue weighted by molar-refractivity contribution is 0.478. The number of hydrogen-bond acceptors (Lipinski definition) is 4. The first-order valence-corrected chi connectivity index (χ1v) is 8.34. The second-order valence-electron chi connectivity index (χ2n) is 4.75. The van der Waals surface area contributed by atoms with E-state index in [0.717, 1.165) is 21.1 Å². The number of nitrogens with zero attached hydrogens (tertiary/aromatic N) is 1. The van der Waals surface area contributed by atoms with E-state index in [9.17, 15) is 9.46 Å². The van der Waals surface area contributed by atoms with Gasteiger partial charge in [-0.3, -0.25) is 10.2 Å². The molecule has 6 nitrogen and oxygen atoms in total. The van der Waals surface area contributed by atoms with E-state index in [0.29, 0.717) is 11.8 Å². The van der Waals surface area contributed by atoms with Crippen molar-refractivity contribution >= 4 is 30.8 Å². The van der Waals surface area contributed by atoms with Crippen molar-refractivity contribution in [2.45, 2.75) is 26.7 Å². The van der Waals surface area contributed by atoms with Gasteiger partial charge >= 0.3 is 7.67 Å². The number of thiazole rings is 1. The van der Waals surface area contributed by atoms with Crippen LogP contribution in [0.1, 0.15) is 29.7 Å². The molecule has 0 fully saturated rings. The summed E-state index contributed by atoms with van der Waals surface area (Å²) in [6.07, 6.45) is 0. The normalized spacial score (nSPS) is 21.3. The van der Waals surface area contributed by atoms with E-state index in [1.807, 2.05) is 6.92 Å². The zero-order valence-electron chi connectivity index (χ0n) is 10.7. The number of furan rings is 1. The second kappa shape index (κ2) is 4.10. The van der Waals surface area contributed by atoms with Crippen LogP contribution in [0.3, 0.4) is 0 Å². The van der Waals surface area contributed by atoms with Crippen LogP contribution in [0.2, 0.25) is 0 Å². The molecule has 1 atom stereocenters. The maximum Gasteiger partial charge on any atom is 0.393 e. The highest BCUT2D eigenvalue weighted by atomic mass is 32.1. The van der Waals surface area contributed by atoms with Gasteiger partial charge in [0, 0.05) is 10.9 Å². The zero-order chi connectivity index (χ0) is 13.8. The van der Waals surface area contributed by atoms with E-state index in [1.54, 1.807) is 17.4 Å². The predicted molar refractivity (Wildman–Crippen MR) is 75.7 cm³/mol. The molecule has 1 unspecified atom stereocenters. The summed E-state index contributed by atoms with van der Waals surface area (Å²) in [6, 6.07) is 1.71. The van der Waals surface area contributed by atoms with E-state index in [2.05, 4.69) is 29.0 Å². The highest BCUT2D eigenvalue weighted by molar-refractivity contribution is 7.61. The van der Waals surface area contributed by atoms with Crippen LogP contribution in [0.5, 0.6) is 0 Å². The van der Waals surface area contributed by atoms with Gasteiger partial charge in [0.25, 0.3) is 0 Å². The Hall–Kier alpha value is -1.30. The van der Waals surface area contributed by atoms with Crippen LogP contribution in [0.4, 0.5) is 11.8 Å². The molecule has 0 spiro atoms. The highest BCUT2D eigenvalue weighted by Crippen LogP contribution is 2.52.